The zero-order valence-corrected chi connectivity index (χ0v) is 11.8. The molecule has 0 unspecified atom stereocenters. The highest BCUT2D eigenvalue weighted by Crippen LogP contribution is 2.28. The molecular formula is C15H20F2N2O. The summed E-state index contributed by atoms with van der Waals surface area (Å²) in [5.41, 5.74) is -0.266. The maximum absolute atomic E-state index is 14.1. The molecule has 1 aliphatic rings. The van der Waals surface area contributed by atoms with Crippen LogP contribution in [0.4, 0.5) is 8.78 Å². The second-order valence-electron chi connectivity index (χ2n) is 5.55. The minimum Gasteiger partial charge on any atom is -0.347 e. The number of benzene rings is 1. The number of alkyl halides is 2. The standard InChI is InChI=1S/C15H20F2N2O/c1-11-10-19(2)9-8-13(11)18-14(20)15(16,17)12-6-4-3-5-7-12/h3-7,11,13H,8-10H2,1-2H3,(H,18,20)/t11-,13-/m1/s1. The third kappa shape index (κ3) is 3.15. The summed E-state index contributed by atoms with van der Waals surface area (Å²) in [6, 6.07) is 7.03. The van der Waals surface area contributed by atoms with E-state index in [1.807, 2.05) is 14.0 Å². The first-order valence-electron chi connectivity index (χ1n) is 6.84. The summed E-state index contributed by atoms with van der Waals surface area (Å²) in [6.07, 6.45) is 0.703. The van der Waals surface area contributed by atoms with E-state index < -0.39 is 11.8 Å². The topological polar surface area (TPSA) is 32.3 Å². The Balaban J connectivity index is 2.04. The predicted molar refractivity (Wildman–Crippen MR) is 73.5 cm³/mol. The fourth-order valence-electron chi connectivity index (χ4n) is 2.61. The number of hydrogen-bond donors (Lipinski definition) is 1. The molecule has 110 valence electrons. The number of carbonyl (C=O) groups excluding carboxylic acids is 1. The predicted octanol–water partition coefficient (Wildman–Crippen LogP) is 2.23. The average Bonchev–Trinajstić information content (AvgIpc) is 2.42. The average molecular weight is 282 g/mol. The highest BCUT2D eigenvalue weighted by Gasteiger charge is 2.42. The van der Waals surface area contributed by atoms with Crippen molar-refractivity contribution in [2.45, 2.75) is 25.3 Å². The van der Waals surface area contributed by atoms with Gasteiger partial charge in [-0.15, -0.1) is 0 Å². The molecule has 1 aromatic rings. The summed E-state index contributed by atoms with van der Waals surface area (Å²) in [4.78, 5) is 14.0. The maximum atomic E-state index is 14.1. The van der Waals surface area contributed by atoms with E-state index in [2.05, 4.69) is 10.2 Å². The summed E-state index contributed by atoms with van der Waals surface area (Å²) in [5, 5.41) is 2.51. The van der Waals surface area contributed by atoms with Gasteiger partial charge in [-0.1, -0.05) is 37.3 Å². The van der Waals surface area contributed by atoms with Crippen LogP contribution in [0.5, 0.6) is 0 Å². The van der Waals surface area contributed by atoms with Crippen molar-refractivity contribution in [3.05, 3.63) is 35.9 Å². The molecule has 0 aliphatic carbocycles. The van der Waals surface area contributed by atoms with E-state index in [4.69, 9.17) is 0 Å². The van der Waals surface area contributed by atoms with E-state index in [1.54, 1.807) is 6.07 Å². The van der Waals surface area contributed by atoms with E-state index in [-0.39, 0.29) is 17.5 Å². The number of carbonyl (C=O) groups is 1. The monoisotopic (exact) mass is 282 g/mol. The largest absolute Gasteiger partial charge is 0.349 e. The zero-order chi connectivity index (χ0) is 14.8. The van der Waals surface area contributed by atoms with Crippen LogP contribution in [0, 0.1) is 5.92 Å². The van der Waals surface area contributed by atoms with Crippen LogP contribution < -0.4 is 5.32 Å². The third-order valence-electron chi connectivity index (χ3n) is 3.85. The Morgan fingerprint density at radius 1 is 1.35 bits per heavy atom. The van der Waals surface area contributed by atoms with Gasteiger partial charge >= 0.3 is 5.92 Å². The Hall–Kier alpha value is -1.49. The molecule has 3 nitrogen and oxygen atoms in total. The molecule has 0 saturated carbocycles. The van der Waals surface area contributed by atoms with Crippen molar-refractivity contribution in [2.75, 3.05) is 20.1 Å². The smallest absolute Gasteiger partial charge is 0.347 e. The van der Waals surface area contributed by atoms with Crippen molar-refractivity contribution >= 4 is 5.91 Å². The fraction of sp³-hybridized carbons (Fsp3) is 0.533. The molecule has 2 rings (SSSR count). The van der Waals surface area contributed by atoms with Crippen molar-refractivity contribution in [1.29, 1.82) is 0 Å². The lowest BCUT2D eigenvalue weighted by Gasteiger charge is -2.35. The lowest BCUT2D eigenvalue weighted by Crippen LogP contribution is -2.52. The summed E-state index contributed by atoms with van der Waals surface area (Å²) in [6.45, 7) is 3.59. The minimum absolute atomic E-state index is 0.171. The van der Waals surface area contributed by atoms with Gasteiger partial charge in [-0.3, -0.25) is 4.79 Å². The van der Waals surface area contributed by atoms with Gasteiger partial charge in [0.2, 0.25) is 0 Å². The first-order valence-corrected chi connectivity index (χ1v) is 6.84. The Morgan fingerprint density at radius 3 is 2.60 bits per heavy atom. The molecule has 0 radical (unpaired) electrons. The molecule has 1 saturated heterocycles. The van der Waals surface area contributed by atoms with Crippen LogP contribution in [-0.2, 0) is 10.7 Å². The molecule has 0 aromatic heterocycles. The normalized spacial score (nSPS) is 24.4. The molecule has 1 aromatic carbocycles. The molecule has 1 aliphatic heterocycles. The van der Waals surface area contributed by atoms with Gasteiger partial charge in [0.05, 0.1) is 0 Å². The lowest BCUT2D eigenvalue weighted by atomic mass is 9.93. The van der Waals surface area contributed by atoms with Crippen LogP contribution in [0.3, 0.4) is 0 Å². The second kappa shape index (κ2) is 5.87. The van der Waals surface area contributed by atoms with Gasteiger partial charge in [0.25, 0.3) is 5.91 Å². The van der Waals surface area contributed by atoms with E-state index >= 15 is 0 Å². The van der Waals surface area contributed by atoms with Gasteiger partial charge in [-0.05, 0) is 25.9 Å². The van der Waals surface area contributed by atoms with Crippen molar-refractivity contribution in [3.8, 4) is 0 Å². The number of amides is 1. The Bertz CT molecular complexity index is 464. The van der Waals surface area contributed by atoms with E-state index in [9.17, 15) is 13.6 Å². The van der Waals surface area contributed by atoms with Crippen LogP contribution >= 0.6 is 0 Å². The van der Waals surface area contributed by atoms with Crippen LogP contribution in [0.2, 0.25) is 0 Å². The number of nitrogens with one attached hydrogen (secondary N) is 1. The second-order valence-corrected chi connectivity index (χ2v) is 5.55. The first kappa shape index (κ1) is 14.9. The third-order valence-corrected chi connectivity index (χ3v) is 3.85. The van der Waals surface area contributed by atoms with Gasteiger partial charge in [0.15, 0.2) is 0 Å². The Morgan fingerprint density at radius 2 is 2.00 bits per heavy atom. The maximum Gasteiger partial charge on any atom is 0.349 e. The van der Waals surface area contributed by atoms with Gasteiger partial charge in [-0.2, -0.15) is 8.78 Å². The van der Waals surface area contributed by atoms with Gasteiger partial charge in [-0.25, -0.2) is 0 Å². The highest BCUT2D eigenvalue weighted by atomic mass is 19.3. The molecule has 1 heterocycles. The van der Waals surface area contributed by atoms with Crippen molar-refractivity contribution in [3.63, 3.8) is 0 Å². The summed E-state index contributed by atoms with van der Waals surface area (Å²) in [5.74, 6) is -4.51. The summed E-state index contributed by atoms with van der Waals surface area (Å²) < 4.78 is 28.2. The van der Waals surface area contributed by atoms with Crippen LogP contribution in [0.15, 0.2) is 30.3 Å². The number of piperidine rings is 1. The SMILES string of the molecule is C[C@@H]1CN(C)CC[C@H]1NC(=O)C(F)(F)c1ccccc1. The van der Waals surface area contributed by atoms with Crippen molar-refractivity contribution in [1.82, 2.24) is 10.2 Å². The molecule has 0 spiro atoms. The number of rotatable bonds is 3. The van der Waals surface area contributed by atoms with Gasteiger partial charge in [0.1, 0.15) is 0 Å². The van der Waals surface area contributed by atoms with Crippen LogP contribution in [0.25, 0.3) is 0 Å². The Labute approximate surface area is 118 Å². The summed E-state index contributed by atoms with van der Waals surface area (Å²) in [7, 11) is 1.99. The lowest BCUT2D eigenvalue weighted by molar-refractivity contribution is -0.148. The molecule has 2 atom stereocenters. The number of nitrogens with zero attached hydrogens (tertiary/aromatic N) is 1. The van der Waals surface area contributed by atoms with Gasteiger partial charge in [0, 0.05) is 18.2 Å². The van der Waals surface area contributed by atoms with Crippen LogP contribution in [0.1, 0.15) is 18.9 Å². The zero-order valence-electron chi connectivity index (χ0n) is 11.8. The van der Waals surface area contributed by atoms with Crippen molar-refractivity contribution < 1.29 is 13.6 Å². The minimum atomic E-state index is -3.48. The van der Waals surface area contributed by atoms with Crippen molar-refractivity contribution in [2.24, 2.45) is 5.92 Å². The van der Waals surface area contributed by atoms with Crippen LogP contribution in [-0.4, -0.2) is 37.0 Å². The quantitative estimate of drug-likeness (QED) is 0.922. The highest BCUT2D eigenvalue weighted by molar-refractivity contribution is 5.85. The molecule has 1 fully saturated rings. The molecule has 20 heavy (non-hydrogen) atoms. The van der Waals surface area contributed by atoms with E-state index in [0.717, 1.165) is 13.1 Å². The Kier molecular flexibility index (Phi) is 4.38. The molecule has 5 heteroatoms. The number of hydrogen-bond acceptors (Lipinski definition) is 2. The number of likely N-dealkylation sites (tertiary alicyclic amines) is 1. The fourth-order valence-corrected chi connectivity index (χ4v) is 2.61. The molecular weight excluding hydrogens is 262 g/mol. The molecule has 1 amide bonds. The summed E-state index contributed by atoms with van der Waals surface area (Å²) >= 11 is 0. The van der Waals surface area contributed by atoms with E-state index in [1.165, 1.54) is 24.3 Å². The first-order chi connectivity index (χ1) is 9.41. The molecule has 0 bridgehead atoms. The van der Waals surface area contributed by atoms with E-state index in [0.29, 0.717) is 6.42 Å². The molecule has 1 N–H and O–H groups in total. The van der Waals surface area contributed by atoms with Gasteiger partial charge < -0.3 is 10.2 Å². The number of halogens is 2.